The van der Waals surface area contributed by atoms with Crippen molar-refractivity contribution >= 4 is 23.3 Å². The van der Waals surface area contributed by atoms with E-state index in [1.165, 1.54) is 78.9 Å². The van der Waals surface area contributed by atoms with E-state index in [0.29, 0.717) is 34.4 Å². The summed E-state index contributed by atoms with van der Waals surface area (Å²) in [5.74, 6) is 1.48. The largest absolute Gasteiger partial charge is 0.497 e. The van der Waals surface area contributed by atoms with Gasteiger partial charge in [0.05, 0.1) is 12.8 Å². The Morgan fingerprint density at radius 1 is 0.681 bits per heavy atom. The van der Waals surface area contributed by atoms with Gasteiger partial charge in [-0.2, -0.15) is 0 Å². The minimum Gasteiger partial charge on any atom is -0.497 e. The van der Waals surface area contributed by atoms with Crippen LogP contribution in [-0.2, 0) is 0 Å². The first-order chi connectivity index (χ1) is 22.6. The fourth-order valence-electron chi connectivity index (χ4n) is 4.67. The highest BCUT2D eigenvalue weighted by molar-refractivity contribution is 6.32. The highest BCUT2D eigenvalue weighted by atomic mass is 35.5. The number of halogens is 4. The summed E-state index contributed by atoms with van der Waals surface area (Å²) in [6.45, 7) is 3.73. The first-order valence-corrected chi connectivity index (χ1v) is 14.6. The molecule has 0 bridgehead atoms. The number of nitrogens with zero attached hydrogens (tertiary/aromatic N) is 1. The number of benzene rings is 4. The molecule has 238 valence electrons. The third-order valence-corrected chi connectivity index (χ3v) is 7.17. The summed E-state index contributed by atoms with van der Waals surface area (Å²) in [4.78, 5) is 7.82. The third-order valence-electron chi connectivity index (χ3n) is 6.89. The van der Waals surface area contributed by atoms with E-state index < -0.39 is 17.5 Å². The summed E-state index contributed by atoms with van der Waals surface area (Å²) in [5, 5.41) is 0.198. The molecule has 0 atom stereocenters. The maximum atomic E-state index is 13.7. The number of ether oxygens (including phenoxy) is 5. The molecule has 0 radical (unpaired) electrons. The molecule has 0 saturated carbocycles. The summed E-state index contributed by atoms with van der Waals surface area (Å²) >= 11 is 6.61. The molecule has 5 aromatic rings. The van der Waals surface area contributed by atoms with Crippen molar-refractivity contribution in [2.24, 2.45) is 4.99 Å². The molecule has 0 fully saturated rings. The van der Waals surface area contributed by atoms with Gasteiger partial charge in [0, 0.05) is 6.08 Å². The average Bonchev–Trinajstić information content (AvgIpc) is 3.62. The molecule has 1 aliphatic rings. The van der Waals surface area contributed by atoms with Crippen LogP contribution in [0.4, 0.5) is 13.2 Å². The summed E-state index contributed by atoms with van der Waals surface area (Å²) < 4.78 is 70.9. The molecule has 11 heteroatoms. The van der Waals surface area contributed by atoms with Crippen molar-refractivity contribution in [3.63, 3.8) is 0 Å². The Morgan fingerprint density at radius 3 is 1.72 bits per heavy atom. The molecule has 47 heavy (non-hydrogen) atoms. The number of aliphatic imine (C=N–C) groups is 1. The van der Waals surface area contributed by atoms with E-state index in [0.717, 1.165) is 11.1 Å². The van der Waals surface area contributed by atoms with Crippen molar-refractivity contribution < 1.29 is 36.9 Å². The van der Waals surface area contributed by atoms with Crippen LogP contribution in [0.25, 0.3) is 5.76 Å². The maximum absolute atomic E-state index is 13.7. The van der Waals surface area contributed by atoms with Crippen LogP contribution in [0, 0.1) is 31.3 Å². The summed E-state index contributed by atoms with van der Waals surface area (Å²) in [5.41, 5.74) is 2.05. The van der Waals surface area contributed by atoms with E-state index in [1.807, 2.05) is 26.0 Å². The van der Waals surface area contributed by atoms with Gasteiger partial charge in [-0.05, 0) is 116 Å². The lowest BCUT2D eigenvalue weighted by Crippen LogP contribution is -2.06. The van der Waals surface area contributed by atoms with Crippen molar-refractivity contribution in [3.8, 4) is 34.6 Å². The maximum Gasteiger partial charge on any atom is 0.223 e. The molecule has 0 unspecified atom stereocenters. The molecule has 7 nitrogen and oxygen atoms in total. The van der Waals surface area contributed by atoms with Gasteiger partial charge in [0.1, 0.15) is 51.2 Å². The van der Waals surface area contributed by atoms with E-state index in [4.69, 9.17) is 40.3 Å². The molecular weight excluding hydrogens is 633 g/mol. The van der Waals surface area contributed by atoms with Crippen LogP contribution < -0.4 is 23.7 Å². The Balaban J connectivity index is 1.49. The normalized spacial score (nSPS) is 13.5. The van der Waals surface area contributed by atoms with Crippen molar-refractivity contribution in [3.05, 3.63) is 148 Å². The summed E-state index contributed by atoms with van der Waals surface area (Å²) in [7, 11) is 1.57. The molecular formula is C36H26ClF3N2O5. The van der Waals surface area contributed by atoms with Crippen molar-refractivity contribution in [2.45, 2.75) is 13.8 Å². The molecule has 0 spiro atoms. The number of aryl methyl sites for hydroxylation is 2. The van der Waals surface area contributed by atoms with Crippen molar-refractivity contribution in [1.82, 2.24) is 4.98 Å². The zero-order valence-corrected chi connectivity index (χ0v) is 26.0. The standard InChI is InChI=1S/C36H26ClF3N2O5/c1-20-16-28(43-3)17-21(2)34(20)47-35(30-18-29(37)36(41-30)46-27-14-8-24(40)9-15-27)33-31(44-25-10-4-22(38)5-11-25)19-32(42-33)45-26-12-6-23(39)7-13-26/h4-19,41H,1-3H3/b35-33+. The van der Waals surface area contributed by atoms with Gasteiger partial charge in [-0.3, -0.25) is 0 Å². The highest BCUT2D eigenvalue weighted by Crippen LogP contribution is 2.39. The number of aromatic amines is 1. The van der Waals surface area contributed by atoms with Crippen LogP contribution in [0.1, 0.15) is 16.8 Å². The minimum absolute atomic E-state index is 0.105. The molecule has 4 aromatic carbocycles. The minimum atomic E-state index is -0.436. The lowest BCUT2D eigenvalue weighted by Gasteiger charge is -2.17. The topological polar surface area (TPSA) is 74.3 Å². The predicted octanol–water partition coefficient (Wildman–Crippen LogP) is 9.70. The Morgan fingerprint density at radius 2 is 1.19 bits per heavy atom. The molecule has 6 rings (SSSR count). The van der Waals surface area contributed by atoms with Crippen molar-refractivity contribution in [1.29, 1.82) is 0 Å². The first-order valence-electron chi connectivity index (χ1n) is 14.2. The number of hydrogen-bond acceptors (Lipinski definition) is 6. The van der Waals surface area contributed by atoms with Gasteiger partial charge in [0.25, 0.3) is 0 Å². The highest BCUT2D eigenvalue weighted by Gasteiger charge is 2.28. The monoisotopic (exact) mass is 658 g/mol. The van der Waals surface area contributed by atoms with Gasteiger partial charge in [0.15, 0.2) is 17.2 Å². The second-order valence-electron chi connectivity index (χ2n) is 10.4. The van der Waals surface area contributed by atoms with Crippen LogP contribution in [0.3, 0.4) is 0 Å². The summed E-state index contributed by atoms with van der Waals surface area (Å²) in [6, 6.07) is 21.6. The van der Waals surface area contributed by atoms with Crippen LogP contribution in [0.5, 0.6) is 34.6 Å². The molecule has 1 N–H and O–H groups in total. The van der Waals surface area contributed by atoms with Gasteiger partial charge in [0.2, 0.25) is 11.8 Å². The van der Waals surface area contributed by atoms with E-state index >= 15 is 0 Å². The Labute approximate surface area is 273 Å². The predicted molar refractivity (Wildman–Crippen MR) is 172 cm³/mol. The quantitative estimate of drug-likeness (QED) is 0.160. The summed E-state index contributed by atoms with van der Waals surface area (Å²) in [6.07, 6.45) is 1.53. The van der Waals surface area contributed by atoms with Gasteiger partial charge >= 0.3 is 0 Å². The van der Waals surface area contributed by atoms with Crippen LogP contribution in [-0.4, -0.2) is 18.0 Å². The van der Waals surface area contributed by atoms with Gasteiger partial charge in [-0.25, -0.2) is 18.2 Å². The van der Waals surface area contributed by atoms with Crippen LogP contribution in [0.2, 0.25) is 5.02 Å². The molecule has 0 saturated heterocycles. The lowest BCUT2D eigenvalue weighted by molar-refractivity contribution is 0.411. The Bertz CT molecular complexity index is 2000. The number of nitrogens with one attached hydrogen (secondary N) is 1. The number of rotatable bonds is 9. The molecule has 2 heterocycles. The lowest BCUT2D eigenvalue weighted by atomic mass is 10.1. The van der Waals surface area contributed by atoms with Crippen LogP contribution >= 0.6 is 11.6 Å². The van der Waals surface area contributed by atoms with Crippen molar-refractivity contribution in [2.75, 3.05) is 7.11 Å². The van der Waals surface area contributed by atoms with E-state index in [-0.39, 0.29) is 34.0 Å². The van der Waals surface area contributed by atoms with E-state index in [2.05, 4.69) is 4.98 Å². The fourth-order valence-corrected chi connectivity index (χ4v) is 4.87. The Kier molecular flexibility index (Phi) is 8.94. The molecule has 0 amide bonds. The number of H-pyrrole nitrogens is 1. The van der Waals surface area contributed by atoms with Gasteiger partial charge < -0.3 is 28.7 Å². The van der Waals surface area contributed by atoms with Gasteiger partial charge in [-0.1, -0.05) is 11.6 Å². The number of hydrogen-bond donors (Lipinski definition) is 1. The number of aromatic nitrogens is 1. The van der Waals surface area contributed by atoms with E-state index in [9.17, 15) is 13.2 Å². The number of methoxy groups -OCH3 is 1. The fraction of sp³-hybridized carbons (Fsp3) is 0.0833. The molecule has 1 aromatic heterocycles. The zero-order valence-electron chi connectivity index (χ0n) is 25.2. The zero-order chi connectivity index (χ0) is 33.1. The molecule has 0 aliphatic carbocycles. The smallest absolute Gasteiger partial charge is 0.223 e. The third kappa shape index (κ3) is 7.29. The second-order valence-corrected chi connectivity index (χ2v) is 10.8. The second kappa shape index (κ2) is 13.4. The first kappa shape index (κ1) is 31.4. The molecule has 1 aliphatic heterocycles. The van der Waals surface area contributed by atoms with Gasteiger partial charge in [-0.15, -0.1) is 0 Å². The Hall–Kier alpha value is -5.61. The van der Waals surface area contributed by atoms with Crippen LogP contribution in [0.15, 0.2) is 114 Å². The SMILES string of the molecule is COc1cc(C)c(O/C(=C2/N=C(Oc3ccc(F)cc3)C=C2Oc2ccc(F)cc2)c2cc(Cl)c(Oc3ccc(F)cc3)[nH]2)c(C)c1. The van der Waals surface area contributed by atoms with E-state index in [1.54, 1.807) is 13.2 Å². The average molecular weight is 659 g/mol.